The van der Waals surface area contributed by atoms with E-state index >= 15 is 8.78 Å². The minimum atomic E-state index is -4.85. The van der Waals surface area contributed by atoms with Crippen LogP contribution in [0.3, 0.4) is 0 Å². The highest BCUT2D eigenvalue weighted by Gasteiger charge is 2.56. The van der Waals surface area contributed by atoms with Gasteiger partial charge < -0.3 is 13.8 Å². The average Bonchev–Trinajstić information content (AvgIpc) is 2.67. The summed E-state index contributed by atoms with van der Waals surface area (Å²) < 4.78 is 59.2. The summed E-state index contributed by atoms with van der Waals surface area (Å²) in [5.41, 5.74) is -4.06. The molecule has 2 rings (SSSR count). The maximum atomic E-state index is 15.3. The second-order valence-electron chi connectivity index (χ2n) is 5.64. The summed E-state index contributed by atoms with van der Waals surface area (Å²) in [5.74, 6) is -0.344. The standard InChI is InChI=1S/C19H20F2IO5P/c1-3-26-28(24,27-4-2)19(20,21)17-11-16(22)10-15(12-23)18(17)25-13-14-8-6-5-7-9-14/h5-12H,3-4,13H2,1-2H3. The van der Waals surface area contributed by atoms with Gasteiger partial charge in [0.15, 0.2) is 6.29 Å². The van der Waals surface area contributed by atoms with E-state index in [2.05, 4.69) is 0 Å². The van der Waals surface area contributed by atoms with E-state index in [0.717, 1.165) is 11.6 Å². The zero-order valence-electron chi connectivity index (χ0n) is 15.4. The summed E-state index contributed by atoms with van der Waals surface area (Å²) in [7, 11) is -4.85. The van der Waals surface area contributed by atoms with Crippen LogP contribution in [-0.4, -0.2) is 19.5 Å². The van der Waals surface area contributed by atoms with E-state index in [0.29, 0.717) is 9.86 Å². The molecule has 152 valence electrons. The number of halogens is 3. The topological polar surface area (TPSA) is 61.8 Å². The summed E-state index contributed by atoms with van der Waals surface area (Å²) in [6.07, 6.45) is 0.425. The molecule has 0 saturated carbocycles. The van der Waals surface area contributed by atoms with Crippen molar-refractivity contribution in [2.75, 3.05) is 13.2 Å². The Morgan fingerprint density at radius 3 is 2.25 bits per heavy atom. The largest absolute Gasteiger partial charge is 0.488 e. The SMILES string of the molecule is CCOP(=O)(OCC)C(F)(F)c1cc(I)cc(C=O)c1OCc1ccccc1. The first kappa shape index (κ1) is 22.9. The van der Waals surface area contributed by atoms with Crippen molar-refractivity contribution in [3.8, 4) is 5.75 Å². The van der Waals surface area contributed by atoms with Crippen LogP contribution in [0.5, 0.6) is 5.75 Å². The number of benzene rings is 2. The molecule has 0 bridgehead atoms. The number of rotatable bonds is 10. The Balaban J connectivity index is 2.56. The van der Waals surface area contributed by atoms with Crippen LogP contribution in [0.25, 0.3) is 0 Å². The van der Waals surface area contributed by atoms with E-state index < -0.39 is 18.8 Å². The van der Waals surface area contributed by atoms with Crippen molar-refractivity contribution in [1.82, 2.24) is 0 Å². The lowest BCUT2D eigenvalue weighted by Crippen LogP contribution is -2.20. The molecule has 0 amide bonds. The van der Waals surface area contributed by atoms with E-state index in [9.17, 15) is 9.36 Å². The number of ether oxygens (including phenoxy) is 1. The van der Waals surface area contributed by atoms with Crippen LogP contribution in [0.15, 0.2) is 42.5 Å². The third-order valence-electron chi connectivity index (χ3n) is 3.70. The van der Waals surface area contributed by atoms with Crippen molar-refractivity contribution in [2.24, 2.45) is 0 Å². The number of hydrogen-bond donors (Lipinski definition) is 0. The van der Waals surface area contributed by atoms with Gasteiger partial charge in [0.05, 0.1) is 24.3 Å². The molecule has 0 saturated heterocycles. The van der Waals surface area contributed by atoms with Gasteiger partial charge in [0.25, 0.3) is 0 Å². The number of aldehydes is 1. The average molecular weight is 524 g/mol. The van der Waals surface area contributed by atoms with Crippen molar-refractivity contribution in [2.45, 2.75) is 26.1 Å². The Labute approximate surface area is 176 Å². The van der Waals surface area contributed by atoms with Crippen molar-refractivity contribution < 1.29 is 31.9 Å². The van der Waals surface area contributed by atoms with Crippen molar-refractivity contribution in [3.05, 3.63) is 62.7 Å². The van der Waals surface area contributed by atoms with Gasteiger partial charge in [-0.1, -0.05) is 30.3 Å². The number of alkyl halides is 2. The van der Waals surface area contributed by atoms with Crippen molar-refractivity contribution in [1.29, 1.82) is 0 Å². The molecule has 0 N–H and O–H groups in total. The third kappa shape index (κ3) is 4.97. The molecule has 0 aliphatic heterocycles. The molecule has 0 heterocycles. The second-order valence-corrected chi connectivity index (χ2v) is 8.96. The molecule has 0 unspecified atom stereocenters. The molecule has 0 aromatic heterocycles. The van der Waals surface area contributed by atoms with Gasteiger partial charge in [-0.25, -0.2) is 0 Å². The molecule has 2 aromatic carbocycles. The molecular weight excluding hydrogens is 504 g/mol. The maximum absolute atomic E-state index is 15.3. The lowest BCUT2D eigenvalue weighted by atomic mass is 10.1. The van der Waals surface area contributed by atoms with E-state index in [-0.39, 0.29) is 31.1 Å². The quantitative estimate of drug-likeness (QED) is 0.217. The van der Waals surface area contributed by atoms with Gasteiger partial charge in [-0.2, -0.15) is 8.78 Å². The fraction of sp³-hybridized carbons (Fsp3) is 0.316. The summed E-state index contributed by atoms with van der Waals surface area (Å²) in [6, 6.07) is 11.4. The van der Waals surface area contributed by atoms with Crippen LogP contribution in [-0.2, 0) is 25.9 Å². The minimum Gasteiger partial charge on any atom is -0.488 e. The Morgan fingerprint density at radius 2 is 1.71 bits per heavy atom. The fourth-order valence-corrected chi connectivity index (χ4v) is 4.69. The number of carbonyl (C=O) groups is 1. The van der Waals surface area contributed by atoms with Crippen LogP contribution >= 0.6 is 30.2 Å². The molecule has 5 nitrogen and oxygen atoms in total. The predicted octanol–water partition coefficient (Wildman–Crippen LogP) is 6.00. The summed E-state index contributed by atoms with van der Waals surface area (Å²) in [5, 5.41) is 0. The van der Waals surface area contributed by atoms with E-state index in [4.69, 9.17) is 13.8 Å². The van der Waals surface area contributed by atoms with Crippen molar-refractivity contribution in [3.63, 3.8) is 0 Å². The monoisotopic (exact) mass is 524 g/mol. The molecule has 2 aromatic rings. The molecular formula is C19H20F2IO5P. The van der Waals surface area contributed by atoms with Gasteiger partial charge in [0.2, 0.25) is 0 Å². The molecule has 0 fully saturated rings. The maximum Gasteiger partial charge on any atom is 0.404 e. The molecule has 0 radical (unpaired) electrons. The van der Waals surface area contributed by atoms with Gasteiger partial charge in [-0.15, -0.1) is 0 Å². The number of carbonyl (C=O) groups excluding carboxylic acids is 1. The smallest absolute Gasteiger partial charge is 0.404 e. The zero-order chi connectivity index (χ0) is 20.8. The lowest BCUT2D eigenvalue weighted by molar-refractivity contribution is 0.0331. The van der Waals surface area contributed by atoms with Crippen LogP contribution < -0.4 is 4.74 Å². The van der Waals surface area contributed by atoms with Crippen LogP contribution in [0.4, 0.5) is 8.78 Å². The van der Waals surface area contributed by atoms with Gasteiger partial charge in [0, 0.05) is 3.57 Å². The van der Waals surface area contributed by atoms with Gasteiger partial charge in [-0.05, 0) is 54.1 Å². The first-order valence-corrected chi connectivity index (χ1v) is 11.1. The number of hydrogen-bond acceptors (Lipinski definition) is 5. The van der Waals surface area contributed by atoms with Gasteiger partial charge >= 0.3 is 13.3 Å². The second kappa shape index (κ2) is 9.91. The highest BCUT2D eigenvalue weighted by Crippen LogP contribution is 2.68. The zero-order valence-corrected chi connectivity index (χ0v) is 18.4. The van der Waals surface area contributed by atoms with E-state index in [1.807, 2.05) is 6.07 Å². The summed E-state index contributed by atoms with van der Waals surface area (Å²) >= 11 is 1.80. The first-order chi connectivity index (χ1) is 13.3. The fourth-order valence-electron chi connectivity index (χ4n) is 2.50. The Bertz CT molecular complexity index is 851. The molecule has 0 aliphatic carbocycles. The highest BCUT2D eigenvalue weighted by atomic mass is 127. The Kier molecular flexibility index (Phi) is 8.12. The lowest BCUT2D eigenvalue weighted by Gasteiger charge is -2.28. The molecule has 28 heavy (non-hydrogen) atoms. The Hall–Kier alpha value is -1.35. The van der Waals surface area contributed by atoms with Crippen molar-refractivity contribution >= 4 is 36.5 Å². The summed E-state index contributed by atoms with van der Waals surface area (Å²) in [4.78, 5) is 11.5. The van der Waals surface area contributed by atoms with Crippen LogP contribution in [0.2, 0.25) is 0 Å². The predicted molar refractivity (Wildman–Crippen MR) is 110 cm³/mol. The van der Waals surface area contributed by atoms with E-state index in [1.165, 1.54) is 19.9 Å². The minimum absolute atomic E-state index is 0.0427. The molecule has 0 spiro atoms. The molecule has 0 aliphatic rings. The third-order valence-corrected chi connectivity index (χ3v) is 6.45. The first-order valence-electron chi connectivity index (χ1n) is 8.52. The normalized spacial score (nSPS) is 12.0. The van der Waals surface area contributed by atoms with E-state index in [1.54, 1.807) is 46.9 Å². The summed E-state index contributed by atoms with van der Waals surface area (Å²) in [6.45, 7) is 2.40. The van der Waals surface area contributed by atoms with Crippen LogP contribution in [0, 0.1) is 3.57 Å². The van der Waals surface area contributed by atoms with Crippen LogP contribution in [0.1, 0.15) is 35.3 Å². The molecule has 9 heteroatoms. The highest BCUT2D eigenvalue weighted by molar-refractivity contribution is 14.1. The molecule has 0 atom stereocenters. The van der Waals surface area contributed by atoms with Gasteiger partial charge in [0.1, 0.15) is 12.4 Å². The Morgan fingerprint density at radius 1 is 1.11 bits per heavy atom. The van der Waals surface area contributed by atoms with Gasteiger partial charge in [-0.3, -0.25) is 9.36 Å².